The van der Waals surface area contributed by atoms with E-state index in [-0.39, 0.29) is 42.3 Å². The molecule has 0 N–H and O–H groups in total. The lowest BCUT2D eigenvalue weighted by Crippen LogP contribution is -2.45. The van der Waals surface area contributed by atoms with Gasteiger partial charge in [0, 0.05) is 28.7 Å². The fourth-order valence-corrected chi connectivity index (χ4v) is 4.85. The number of hydrogen-bond donors (Lipinski definition) is 0. The molecule has 0 saturated carbocycles. The van der Waals surface area contributed by atoms with E-state index in [0.29, 0.717) is 12.4 Å². The van der Waals surface area contributed by atoms with Gasteiger partial charge in [-0.1, -0.05) is 53.3 Å². The van der Waals surface area contributed by atoms with Gasteiger partial charge in [-0.2, -0.15) is 0 Å². The molecule has 8 heteroatoms. The molecular weight excluding hydrogens is 401 g/mol. The maximum atomic E-state index is 12.5. The Balaban J connectivity index is 4.65. The molecule has 0 aromatic rings. The molecule has 0 aliphatic carbocycles. The van der Waals surface area contributed by atoms with Gasteiger partial charge in [-0.3, -0.25) is 14.5 Å². The van der Waals surface area contributed by atoms with Crippen molar-refractivity contribution >= 4 is 42.8 Å². The average molecular weight is 440 g/mol. The van der Waals surface area contributed by atoms with Gasteiger partial charge in [0.05, 0.1) is 6.61 Å². The summed E-state index contributed by atoms with van der Waals surface area (Å²) in [5, 5.41) is 0.250. The molecule has 0 spiro atoms. The third-order valence-corrected chi connectivity index (χ3v) is 6.92. The number of nitrogens with zero attached hydrogens (tertiary/aromatic N) is 1. The maximum Gasteiger partial charge on any atom is 0.198 e. The summed E-state index contributed by atoms with van der Waals surface area (Å²) in [7, 11) is -0.176. The van der Waals surface area contributed by atoms with Gasteiger partial charge in [-0.05, 0) is 39.5 Å². The van der Waals surface area contributed by atoms with Crippen molar-refractivity contribution < 1.29 is 18.6 Å². The molecule has 0 rings (SSSR count). The normalized spacial score (nSPS) is 14.7. The SMILES string of the molecule is CC(C)N(C(C)C)C(OPOCCSC(=O)C(C)(C)C)SC(=O)C(C)(C)C. The summed E-state index contributed by atoms with van der Waals surface area (Å²) in [5.41, 5.74) is -1.16. The molecule has 160 valence electrons. The molecule has 0 aromatic heterocycles. The molecule has 0 aromatic carbocycles. The molecule has 27 heavy (non-hydrogen) atoms. The van der Waals surface area contributed by atoms with E-state index in [0.717, 1.165) is 0 Å². The predicted octanol–water partition coefficient (Wildman–Crippen LogP) is 5.54. The Morgan fingerprint density at radius 3 is 1.81 bits per heavy atom. The number of rotatable bonds is 10. The molecule has 0 amide bonds. The maximum absolute atomic E-state index is 12.5. The quantitative estimate of drug-likeness (QED) is 0.251. The van der Waals surface area contributed by atoms with Crippen LogP contribution in [-0.2, 0) is 18.6 Å². The minimum absolute atomic E-state index is 0.0925. The van der Waals surface area contributed by atoms with Crippen molar-refractivity contribution in [3.8, 4) is 0 Å². The van der Waals surface area contributed by atoms with Gasteiger partial charge in [0.25, 0.3) is 0 Å². The van der Waals surface area contributed by atoms with Gasteiger partial charge in [-0.25, -0.2) is 0 Å². The molecular formula is C19H38NO4PS2. The largest absolute Gasteiger partial charge is 0.335 e. The van der Waals surface area contributed by atoms with Gasteiger partial charge in [0.1, 0.15) is 0 Å². The van der Waals surface area contributed by atoms with Crippen LogP contribution in [0.2, 0.25) is 0 Å². The van der Waals surface area contributed by atoms with Gasteiger partial charge in [0.15, 0.2) is 24.8 Å². The number of hydrogen-bond acceptors (Lipinski definition) is 7. The van der Waals surface area contributed by atoms with Crippen LogP contribution in [-0.4, -0.2) is 45.1 Å². The van der Waals surface area contributed by atoms with Crippen molar-refractivity contribution in [3.05, 3.63) is 0 Å². The zero-order valence-electron chi connectivity index (χ0n) is 18.5. The summed E-state index contributed by atoms with van der Waals surface area (Å²) in [6.45, 7) is 20.3. The second kappa shape index (κ2) is 12.1. The molecule has 5 nitrogen and oxygen atoms in total. The van der Waals surface area contributed by atoms with E-state index in [2.05, 4.69) is 32.6 Å². The molecule has 0 aliphatic heterocycles. The standard InChI is InChI=1S/C19H38NO4PS2/c1-13(2)20(14(3)4)17(27-16(22)19(8,9)10)24-25-23-11-12-26-15(21)18(5,6)7/h13-14,17,25H,11-12H2,1-10H3. The lowest BCUT2D eigenvalue weighted by atomic mass is 9.99. The molecule has 0 saturated heterocycles. The van der Waals surface area contributed by atoms with Crippen LogP contribution in [0.15, 0.2) is 0 Å². The van der Waals surface area contributed by atoms with E-state index in [4.69, 9.17) is 9.05 Å². The summed E-state index contributed by atoms with van der Waals surface area (Å²) >= 11 is 2.51. The fourth-order valence-electron chi connectivity index (χ4n) is 2.01. The van der Waals surface area contributed by atoms with Crippen LogP contribution in [0.1, 0.15) is 69.2 Å². The first-order valence-corrected chi connectivity index (χ1v) is 12.0. The summed E-state index contributed by atoms with van der Waals surface area (Å²) in [4.78, 5) is 26.6. The number of carbonyl (C=O) groups is 2. The molecule has 0 radical (unpaired) electrons. The highest BCUT2D eigenvalue weighted by Crippen LogP contribution is 2.34. The highest BCUT2D eigenvalue weighted by Gasteiger charge is 2.32. The van der Waals surface area contributed by atoms with E-state index in [1.54, 1.807) is 0 Å². The van der Waals surface area contributed by atoms with Crippen molar-refractivity contribution in [3.63, 3.8) is 0 Å². The van der Waals surface area contributed by atoms with E-state index in [1.165, 1.54) is 23.5 Å². The monoisotopic (exact) mass is 439 g/mol. The predicted molar refractivity (Wildman–Crippen MR) is 120 cm³/mol. The molecule has 0 bridgehead atoms. The summed E-state index contributed by atoms with van der Waals surface area (Å²) in [6.07, 6.45) is 0. The Morgan fingerprint density at radius 2 is 1.41 bits per heavy atom. The van der Waals surface area contributed by atoms with Crippen molar-refractivity contribution in [2.24, 2.45) is 10.8 Å². The van der Waals surface area contributed by atoms with Crippen molar-refractivity contribution in [1.82, 2.24) is 4.90 Å². The van der Waals surface area contributed by atoms with Crippen LogP contribution < -0.4 is 0 Å². The third kappa shape index (κ3) is 11.2. The Kier molecular flexibility index (Phi) is 12.3. The van der Waals surface area contributed by atoms with Crippen LogP contribution in [0.5, 0.6) is 0 Å². The smallest absolute Gasteiger partial charge is 0.198 e. The Hall–Kier alpha value is 0.350. The van der Waals surface area contributed by atoms with Crippen LogP contribution >= 0.6 is 32.6 Å². The first kappa shape index (κ1) is 27.4. The first-order valence-electron chi connectivity index (χ1n) is 9.36. The van der Waals surface area contributed by atoms with E-state index in [1.807, 2.05) is 41.5 Å². The van der Waals surface area contributed by atoms with Crippen molar-refractivity contribution in [2.45, 2.75) is 86.9 Å². The van der Waals surface area contributed by atoms with E-state index < -0.39 is 5.41 Å². The third-order valence-electron chi connectivity index (χ3n) is 3.50. The Labute approximate surface area is 176 Å². The lowest BCUT2D eigenvalue weighted by molar-refractivity contribution is -0.118. The van der Waals surface area contributed by atoms with E-state index in [9.17, 15) is 9.59 Å². The molecule has 2 atom stereocenters. The second-order valence-corrected chi connectivity index (χ2v) is 11.8. The fraction of sp³-hybridized carbons (Fsp3) is 0.895. The van der Waals surface area contributed by atoms with Crippen LogP contribution in [0, 0.1) is 10.8 Å². The average Bonchev–Trinajstić information content (AvgIpc) is 2.47. The van der Waals surface area contributed by atoms with Crippen LogP contribution in [0.25, 0.3) is 0 Å². The van der Waals surface area contributed by atoms with Crippen LogP contribution in [0.3, 0.4) is 0 Å². The molecule has 0 aliphatic rings. The van der Waals surface area contributed by atoms with E-state index >= 15 is 0 Å². The second-order valence-electron chi connectivity index (χ2n) is 9.03. The molecule has 0 heterocycles. The minimum Gasteiger partial charge on any atom is -0.335 e. The summed E-state index contributed by atoms with van der Waals surface area (Å²) < 4.78 is 11.5. The minimum atomic E-state index is -0.431. The topological polar surface area (TPSA) is 55.8 Å². The zero-order valence-corrected chi connectivity index (χ0v) is 21.2. The zero-order chi connectivity index (χ0) is 21.4. The summed E-state index contributed by atoms with van der Waals surface area (Å²) in [6, 6.07) is 0.472. The van der Waals surface area contributed by atoms with Gasteiger partial charge in [0.2, 0.25) is 0 Å². The number of carbonyl (C=O) groups excluding carboxylic acids is 2. The molecule has 0 fully saturated rings. The van der Waals surface area contributed by atoms with Crippen molar-refractivity contribution in [1.29, 1.82) is 0 Å². The van der Waals surface area contributed by atoms with Crippen molar-refractivity contribution in [2.75, 3.05) is 12.4 Å². The van der Waals surface area contributed by atoms with Gasteiger partial charge >= 0.3 is 0 Å². The Morgan fingerprint density at radius 1 is 0.926 bits per heavy atom. The van der Waals surface area contributed by atoms with Gasteiger partial charge in [-0.15, -0.1) is 0 Å². The highest BCUT2D eigenvalue weighted by atomic mass is 32.2. The van der Waals surface area contributed by atoms with Crippen LogP contribution in [0.4, 0.5) is 0 Å². The summed E-state index contributed by atoms with van der Waals surface area (Å²) in [5.74, 6) is 0.600. The lowest BCUT2D eigenvalue weighted by Gasteiger charge is -2.37. The number of thioether (sulfide) groups is 2. The Bertz CT molecular complexity index is 465. The van der Waals surface area contributed by atoms with Gasteiger partial charge < -0.3 is 9.05 Å². The first-order chi connectivity index (χ1) is 12.2. The highest BCUT2D eigenvalue weighted by molar-refractivity contribution is 8.14. The molecule has 2 unspecified atom stereocenters.